The normalized spacial score (nSPS) is 10.7. The van der Waals surface area contributed by atoms with Gasteiger partial charge in [0.25, 0.3) is 0 Å². The summed E-state index contributed by atoms with van der Waals surface area (Å²) in [7, 11) is 3.11. The SMILES string of the molecule is CNC(=O)Cc1ccc2c(C)cc(-c3c(F)cccc3OC)nc2c1. The number of likely N-dealkylation sites (N-methyl/N-ethyl adjacent to an activating group) is 1. The summed E-state index contributed by atoms with van der Waals surface area (Å²) < 4.78 is 19.7. The van der Waals surface area contributed by atoms with Crippen LogP contribution in [-0.4, -0.2) is 25.0 Å². The van der Waals surface area contributed by atoms with Crippen molar-refractivity contribution in [2.45, 2.75) is 13.3 Å². The molecule has 0 aliphatic heterocycles. The Kier molecular flexibility index (Phi) is 4.65. The second kappa shape index (κ2) is 6.89. The van der Waals surface area contributed by atoms with Crippen LogP contribution < -0.4 is 10.1 Å². The van der Waals surface area contributed by atoms with E-state index < -0.39 is 0 Å². The lowest BCUT2D eigenvalue weighted by Gasteiger charge is -2.12. The Morgan fingerprint density at radius 2 is 2.04 bits per heavy atom. The number of pyridine rings is 1. The predicted octanol–water partition coefficient (Wildman–Crippen LogP) is 3.65. The third kappa shape index (κ3) is 3.31. The number of benzene rings is 2. The van der Waals surface area contributed by atoms with Gasteiger partial charge in [-0.15, -0.1) is 0 Å². The number of hydrogen-bond acceptors (Lipinski definition) is 3. The Bertz CT molecular complexity index is 954. The summed E-state index contributed by atoms with van der Waals surface area (Å²) in [5.41, 5.74) is 3.42. The smallest absolute Gasteiger partial charge is 0.224 e. The molecule has 1 aromatic heterocycles. The number of methoxy groups -OCH3 is 1. The van der Waals surface area contributed by atoms with E-state index in [2.05, 4.69) is 10.3 Å². The summed E-state index contributed by atoms with van der Waals surface area (Å²) in [6, 6.07) is 12.3. The number of aryl methyl sites for hydroxylation is 1. The molecule has 2 aromatic carbocycles. The molecular weight excluding hydrogens is 319 g/mol. The summed E-state index contributed by atoms with van der Waals surface area (Å²) in [5, 5.41) is 3.58. The second-order valence-corrected chi connectivity index (χ2v) is 5.84. The number of halogens is 1. The van der Waals surface area contributed by atoms with E-state index in [0.29, 0.717) is 17.0 Å². The minimum absolute atomic E-state index is 0.0667. The fraction of sp³-hybridized carbons (Fsp3) is 0.200. The molecule has 0 radical (unpaired) electrons. The largest absolute Gasteiger partial charge is 0.496 e. The number of rotatable bonds is 4. The first-order chi connectivity index (χ1) is 12.0. The van der Waals surface area contributed by atoms with Crippen LogP contribution >= 0.6 is 0 Å². The zero-order chi connectivity index (χ0) is 18.0. The molecule has 3 rings (SSSR count). The molecule has 0 aliphatic carbocycles. The van der Waals surface area contributed by atoms with Crippen molar-refractivity contribution in [3.63, 3.8) is 0 Å². The van der Waals surface area contributed by atoms with E-state index in [4.69, 9.17) is 4.74 Å². The third-order valence-electron chi connectivity index (χ3n) is 4.18. The van der Waals surface area contributed by atoms with Gasteiger partial charge in [-0.25, -0.2) is 9.37 Å². The van der Waals surface area contributed by atoms with Crippen molar-refractivity contribution in [3.8, 4) is 17.0 Å². The molecule has 3 aromatic rings. The quantitative estimate of drug-likeness (QED) is 0.790. The minimum atomic E-state index is -0.382. The molecule has 1 heterocycles. The number of carbonyl (C=O) groups excluding carboxylic acids is 1. The number of aromatic nitrogens is 1. The van der Waals surface area contributed by atoms with E-state index >= 15 is 0 Å². The Labute approximate surface area is 145 Å². The average Bonchev–Trinajstić information content (AvgIpc) is 2.60. The molecule has 0 saturated heterocycles. The van der Waals surface area contributed by atoms with Gasteiger partial charge in [0.2, 0.25) is 5.91 Å². The lowest BCUT2D eigenvalue weighted by atomic mass is 10.0. The molecule has 25 heavy (non-hydrogen) atoms. The zero-order valence-corrected chi connectivity index (χ0v) is 14.4. The fourth-order valence-corrected chi connectivity index (χ4v) is 2.88. The van der Waals surface area contributed by atoms with Crippen molar-refractivity contribution in [3.05, 3.63) is 59.4 Å². The average molecular weight is 338 g/mol. The van der Waals surface area contributed by atoms with E-state index in [1.165, 1.54) is 13.2 Å². The monoisotopic (exact) mass is 338 g/mol. The number of nitrogens with one attached hydrogen (secondary N) is 1. The van der Waals surface area contributed by atoms with Gasteiger partial charge in [0.05, 0.1) is 30.3 Å². The maximum Gasteiger partial charge on any atom is 0.224 e. The standard InChI is InChI=1S/C20H19FN2O2/c1-12-9-17(20-15(21)5-4-6-18(20)25-3)23-16-10-13(7-8-14(12)16)11-19(24)22-2/h4-10H,11H2,1-3H3,(H,22,24). The van der Waals surface area contributed by atoms with E-state index in [9.17, 15) is 9.18 Å². The van der Waals surface area contributed by atoms with Gasteiger partial charge in [-0.2, -0.15) is 0 Å². The molecule has 0 atom stereocenters. The molecule has 1 amide bonds. The van der Waals surface area contributed by atoms with Crippen molar-refractivity contribution >= 4 is 16.8 Å². The number of carbonyl (C=O) groups is 1. The highest BCUT2D eigenvalue weighted by atomic mass is 19.1. The zero-order valence-electron chi connectivity index (χ0n) is 14.4. The lowest BCUT2D eigenvalue weighted by molar-refractivity contribution is -0.119. The number of ether oxygens (including phenoxy) is 1. The number of hydrogen-bond donors (Lipinski definition) is 1. The van der Waals surface area contributed by atoms with Crippen molar-refractivity contribution in [2.24, 2.45) is 0 Å². The van der Waals surface area contributed by atoms with Gasteiger partial charge >= 0.3 is 0 Å². The van der Waals surface area contributed by atoms with Crippen LogP contribution in [0, 0.1) is 12.7 Å². The minimum Gasteiger partial charge on any atom is -0.496 e. The summed E-state index contributed by atoms with van der Waals surface area (Å²) in [5.74, 6) is -0.0112. The molecule has 0 aliphatic rings. The summed E-state index contributed by atoms with van der Waals surface area (Å²) in [6.07, 6.45) is 0.278. The molecule has 4 nitrogen and oxygen atoms in total. The van der Waals surface area contributed by atoms with Crippen LogP contribution in [-0.2, 0) is 11.2 Å². The van der Waals surface area contributed by atoms with E-state index in [0.717, 1.165) is 22.0 Å². The van der Waals surface area contributed by atoms with Gasteiger partial charge in [0, 0.05) is 12.4 Å². The summed E-state index contributed by atoms with van der Waals surface area (Å²) in [4.78, 5) is 16.2. The van der Waals surface area contributed by atoms with Gasteiger partial charge in [-0.05, 0) is 42.3 Å². The van der Waals surface area contributed by atoms with Gasteiger partial charge in [0.1, 0.15) is 11.6 Å². The Morgan fingerprint density at radius 1 is 1.24 bits per heavy atom. The van der Waals surface area contributed by atoms with Crippen LogP contribution in [0.25, 0.3) is 22.2 Å². The van der Waals surface area contributed by atoms with Gasteiger partial charge in [0.15, 0.2) is 0 Å². The maximum atomic E-state index is 14.4. The summed E-state index contributed by atoms with van der Waals surface area (Å²) in [6.45, 7) is 1.96. The Morgan fingerprint density at radius 3 is 2.76 bits per heavy atom. The number of nitrogens with zero attached hydrogens (tertiary/aromatic N) is 1. The van der Waals surface area contributed by atoms with Gasteiger partial charge in [-0.1, -0.05) is 18.2 Å². The molecule has 0 fully saturated rings. The van der Waals surface area contributed by atoms with Crippen LogP contribution in [0.3, 0.4) is 0 Å². The highest BCUT2D eigenvalue weighted by Gasteiger charge is 2.15. The van der Waals surface area contributed by atoms with Crippen molar-refractivity contribution in [2.75, 3.05) is 14.2 Å². The molecule has 5 heteroatoms. The Balaban J connectivity index is 2.16. The molecule has 0 spiro atoms. The van der Waals surface area contributed by atoms with Crippen LogP contribution in [0.1, 0.15) is 11.1 Å². The van der Waals surface area contributed by atoms with E-state index in [1.54, 1.807) is 19.2 Å². The van der Waals surface area contributed by atoms with Crippen LogP contribution in [0.2, 0.25) is 0 Å². The second-order valence-electron chi connectivity index (χ2n) is 5.84. The molecule has 128 valence electrons. The first-order valence-electron chi connectivity index (χ1n) is 7.97. The highest BCUT2D eigenvalue weighted by Crippen LogP contribution is 2.33. The molecule has 0 unspecified atom stereocenters. The molecule has 1 N–H and O–H groups in total. The topological polar surface area (TPSA) is 51.2 Å². The lowest BCUT2D eigenvalue weighted by Crippen LogP contribution is -2.19. The molecular formula is C20H19FN2O2. The van der Waals surface area contributed by atoms with Crippen LogP contribution in [0.15, 0.2) is 42.5 Å². The van der Waals surface area contributed by atoms with Crippen LogP contribution in [0.5, 0.6) is 5.75 Å². The first-order valence-corrected chi connectivity index (χ1v) is 7.97. The highest BCUT2D eigenvalue weighted by molar-refractivity contribution is 5.87. The Hall–Kier alpha value is -2.95. The fourth-order valence-electron chi connectivity index (χ4n) is 2.88. The maximum absolute atomic E-state index is 14.4. The van der Waals surface area contributed by atoms with Crippen molar-refractivity contribution < 1.29 is 13.9 Å². The van der Waals surface area contributed by atoms with E-state index in [1.807, 2.05) is 31.2 Å². The molecule has 0 saturated carbocycles. The summed E-state index contributed by atoms with van der Waals surface area (Å²) >= 11 is 0. The first kappa shape index (κ1) is 16.9. The number of amides is 1. The van der Waals surface area contributed by atoms with Crippen molar-refractivity contribution in [1.82, 2.24) is 10.3 Å². The van der Waals surface area contributed by atoms with Crippen molar-refractivity contribution in [1.29, 1.82) is 0 Å². The number of fused-ring (bicyclic) bond motifs is 1. The third-order valence-corrected chi connectivity index (χ3v) is 4.18. The molecule has 0 bridgehead atoms. The van der Waals surface area contributed by atoms with Crippen LogP contribution in [0.4, 0.5) is 4.39 Å². The van der Waals surface area contributed by atoms with Gasteiger partial charge in [-0.3, -0.25) is 4.79 Å². The van der Waals surface area contributed by atoms with Gasteiger partial charge < -0.3 is 10.1 Å². The van der Waals surface area contributed by atoms with E-state index in [-0.39, 0.29) is 18.1 Å². The predicted molar refractivity (Wildman–Crippen MR) is 96.2 cm³/mol.